The smallest absolute Gasteiger partial charge is 0.252 e. The van der Waals surface area contributed by atoms with Crippen molar-refractivity contribution in [3.05, 3.63) is 47.1 Å². The van der Waals surface area contributed by atoms with Crippen molar-refractivity contribution < 1.29 is 13.5 Å². The molecule has 0 aliphatic heterocycles. The highest BCUT2D eigenvalue weighted by molar-refractivity contribution is 7.91. The van der Waals surface area contributed by atoms with Crippen LogP contribution in [0.4, 0.5) is 0 Å². The van der Waals surface area contributed by atoms with E-state index in [4.69, 9.17) is 5.11 Å². The van der Waals surface area contributed by atoms with Crippen molar-refractivity contribution in [3.8, 4) is 0 Å². The first-order chi connectivity index (χ1) is 9.54. The first-order valence-electron chi connectivity index (χ1n) is 6.10. The Balaban J connectivity index is 2.05. The average Bonchev–Trinajstić information content (AvgIpc) is 2.95. The van der Waals surface area contributed by atoms with E-state index in [0.717, 1.165) is 17.0 Å². The normalized spacial score (nSPS) is 11.9. The van der Waals surface area contributed by atoms with Gasteiger partial charge in [0.1, 0.15) is 4.21 Å². The van der Waals surface area contributed by atoms with Gasteiger partial charge in [0.15, 0.2) is 0 Å². The molecule has 0 amide bonds. The van der Waals surface area contributed by atoms with E-state index >= 15 is 0 Å². The summed E-state index contributed by atoms with van der Waals surface area (Å²) in [6, 6.07) is 8.73. The summed E-state index contributed by atoms with van der Waals surface area (Å²) >= 11 is 1.09. The predicted octanol–water partition coefficient (Wildman–Crippen LogP) is 1.50. The molecule has 0 aliphatic rings. The van der Waals surface area contributed by atoms with Gasteiger partial charge in [-0.05, 0) is 24.3 Å². The van der Waals surface area contributed by atoms with Crippen molar-refractivity contribution in [1.29, 1.82) is 0 Å². The third kappa shape index (κ3) is 3.43. The fourth-order valence-corrected chi connectivity index (χ4v) is 4.27. The molecular weight excluding hydrogens is 296 g/mol. The SMILES string of the molecule is CN(CCc1ccccn1)S(=O)(=O)c1ccc(CO)s1. The number of rotatable bonds is 6. The average molecular weight is 312 g/mol. The molecule has 0 radical (unpaired) electrons. The van der Waals surface area contributed by atoms with Crippen LogP contribution in [0.25, 0.3) is 0 Å². The number of likely N-dealkylation sites (N-methyl/N-ethyl adjacent to an activating group) is 1. The molecule has 0 aromatic carbocycles. The second-order valence-corrected chi connectivity index (χ2v) is 7.72. The van der Waals surface area contributed by atoms with Gasteiger partial charge < -0.3 is 5.11 Å². The third-order valence-corrected chi connectivity index (χ3v) is 6.26. The van der Waals surface area contributed by atoms with Crippen LogP contribution >= 0.6 is 11.3 Å². The van der Waals surface area contributed by atoms with Gasteiger partial charge in [-0.1, -0.05) is 6.07 Å². The Bertz CT molecular complexity index is 653. The summed E-state index contributed by atoms with van der Waals surface area (Å²) in [4.78, 5) is 4.81. The zero-order valence-corrected chi connectivity index (χ0v) is 12.7. The number of hydrogen-bond donors (Lipinski definition) is 1. The standard InChI is InChI=1S/C13H16N2O3S2/c1-15(9-7-11-4-2-3-8-14-11)20(17,18)13-6-5-12(10-16)19-13/h2-6,8,16H,7,9-10H2,1H3. The summed E-state index contributed by atoms with van der Waals surface area (Å²) in [5.74, 6) is 0. The lowest BCUT2D eigenvalue weighted by Crippen LogP contribution is -2.28. The second-order valence-electron chi connectivity index (χ2n) is 4.28. The van der Waals surface area contributed by atoms with Crippen LogP contribution in [-0.2, 0) is 23.1 Å². The Hall–Kier alpha value is -1.28. The molecule has 5 nitrogen and oxygen atoms in total. The highest BCUT2D eigenvalue weighted by atomic mass is 32.2. The number of sulfonamides is 1. The largest absolute Gasteiger partial charge is 0.391 e. The fourth-order valence-electron chi connectivity index (χ4n) is 1.67. The van der Waals surface area contributed by atoms with E-state index in [2.05, 4.69) is 4.98 Å². The van der Waals surface area contributed by atoms with E-state index in [-0.39, 0.29) is 10.8 Å². The molecule has 0 saturated carbocycles. The van der Waals surface area contributed by atoms with E-state index in [1.807, 2.05) is 18.2 Å². The molecule has 20 heavy (non-hydrogen) atoms. The maximum absolute atomic E-state index is 12.3. The third-order valence-electron chi connectivity index (χ3n) is 2.87. The summed E-state index contributed by atoms with van der Waals surface area (Å²) in [6.07, 6.45) is 2.26. The van der Waals surface area contributed by atoms with Gasteiger partial charge in [-0.15, -0.1) is 11.3 Å². The molecule has 7 heteroatoms. The summed E-state index contributed by atoms with van der Waals surface area (Å²) in [7, 11) is -1.93. The maximum Gasteiger partial charge on any atom is 0.252 e. The molecule has 0 saturated heterocycles. The van der Waals surface area contributed by atoms with Crippen LogP contribution in [0.15, 0.2) is 40.7 Å². The van der Waals surface area contributed by atoms with Crippen LogP contribution in [0.3, 0.4) is 0 Å². The Labute approximate surface area is 122 Å². The molecular formula is C13H16N2O3S2. The van der Waals surface area contributed by atoms with Crippen LogP contribution in [-0.4, -0.2) is 36.4 Å². The van der Waals surface area contributed by atoms with Crippen molar-refractivity contribution in [2.24, 2.45) is 0 Å². The molecule has 1 N–H and O–H groups in total. The quantitative estimate of drug-likeness (QED) is 0.877. The maximum atomic E-state index is 12.3. The molecule has 108 valence electrons. The highest BCUT2D eigenvalue weighted by Gasteiger charge is 2.22. The predicted molar refractivity (Wildman–Crippen MR) is 78.0 cm³/mol. The van der Waals surface area contributed by atoms with E-state index in [9.17, 15) is 8.42 Å². The molecule has 0 fully saturated rings. The molecule has 0 atom stereocenters. The van der Waals surface area contributed by atoms with Gasteiger partial charge in [-0.3, -0.25) is 4.98 Å². The summed E-state index contributed by atoms with van der Waals surface area (Å²) < 4.78 is 26.2. The summed E-state index contributed by atoms with van der Waals surface area (Å²) in [5.41, 5.74) is 0.858. The lowest BCUT2D eigenvalue weighted by molar-refractivity contribution is 0.285. The number of hydrogen-bond acceptors (Lipinski definition) is 5. The molecule has 2 heterocycles. The van der Waals surface area contributed by atoms with Crippen molar-refractivity contribution in [2.45, 2.75) is 17.2 Å². The molecule has 0 aliphatic carbocycles. The first-order valence-corrected chi connectivity index (χ1v) is 8.35. The molecule has 0 unspecified atom stereocenters. The molecule has 2 aromatic heterocycles. The van der Waals surface area contributed by atoms with Gasteiger partial charge in [-0.2, -0.15) is 4.31 Å². The number of aliphatic hydroxyl groups excluding tert-OH is 1. The zero-order valence-electron chi connectivity index (χ0n) is 11.1. The van der Waals surface area contributed by atoms with Gasteiger partial charge in [0, 0.05) is 36.8 Å². The Morgan fingerprint density at radius 2 is 2.10 bits per heavy atom. The van der Waals surface area contributed by atoms with E-state index in [1.54, 1.807) is 19.3 Å². The lowest BCUT2D eigenvalue weighted by atomic mass is 10.3. The minimum Gasteiger partial charge on any atom is -0.391 e. The topological polar surface area (TPSA) is 70.5 Å². The number of nitrogens with zero attached hydrogens (tertiary/aromatic N) is 2. The molecule has 2 rings (SSSR count). The van der Waals surface area contributed by atoms with Gasteiger partial charge in [0.05, 0.1) is 6.61 Å². The Morgan fingerprint density at radius 1 is 1.30 bits per heavy atom. The zero-order chi connectivity index (χ0) is 14.6. The van der Waals surface area contributed by atoms with E-state index < -0.39 is 10.0 Å². The number of aliphatic hydroxyl groups is 1. The minimum atomic E-state index is -3.49. The summed E-state index contributed by atoms with van der Waals surface area (Å²) in [5, 5.41) is 9.00. The second kappa shape index (κ2) is 6.45. The first kappa shape index (κ1) is 15.1. The van der Waals surface area contributed by atoms with Crippen molar-refractivity contribution in [3.63, 3.8) is 0 Å². The van der Waals surface area contributed by atoms with E-state index in [0.29, 0.717) is 17.8 Å². The number of pyridine rings is 1. The van der Waals surface area contributed by atoms with Gasteiger partial charge in [0.2, 0.25) is 0 Å². The molecule has 2 aromatic rings. The monoisotopic (exact) mass is 312 g/mol. The van der Waals surface area contributed by atoms with Crippen LogP contribution < -0.4 is 0 Å². The van der Waals surface area contributed by atoms with Crippen molar-refractivity contribution in [2.75, 3.05) is 13.6 Å². The Morgan fingerprint density at radius 3 is 2.70 bits per heavy atom. The van der Waals surface area contributed by atoms with Gasteiger partial charge in [-0.25, -0.2) is 8.42 Å². The van der Waals surface area contributed by atoms with Gasteiger partial charge in [0.25, 0.3) is 10.0 Å². The molecule has 0 spiro atoms. The Kier molecular flexibility index (Phi) is 4.87. The van der Waals surface area contributed by atoms with E-state index in [1.165, 1.54) is 10.4 Å². The number of aromatic nitrogens is 1. The fraction of sp³-hybridized carbons (Fsp3) is 0.308. The molecule has 0 bridgehead atoms. The van der Waals surface area contributed by atoms with Crippen molar-refractivity contribution >= 4 is 21.4 Å². The van der Waals surface area contributed by atoms with Crippen LogP contribution in [0.5, 0.6) is 0 Å². The minimum absolute atomic E-state index is 0.141. The van der Waals surface area contributed by atoms with Gasteiger partial charge >= 0.3 is 0 Å². The number of thiophene rings is 1. The highest BCUT2D eigenvalue weighted by Crippen LogP contribution is 2.24. The van der Waals surface area contributed by atoms with Crippen molar-refractivity contribution in [1.82, 2.24) is 9.29 Å². The van der Waals surface area contributed by atoms with Crippen LogP contribution in [0.1, 0.15) is 10.6 Å². The summed E-state index contributed by atoms with van der Waals surface area (Å²) in [6.45, 7) is 0.226. The van der Waals surface area contributed by atoms with Crippen LogP contribution in [0, 0.1) is 0 Å². The van der Waals surface area contributed by atoms with Crippen LogP contribution in [0.2, 0.25) is 0 Å². The lowest BCUT2D eigenvalue weighted by Gasteiger charge is -2.15.